The van der Waals surface area contributed by atoms with E-state index in [-0.39, 0.29) is 0 Å². The lowest BCUT2D eigenvalue weighted by atomic mass is 10.0. The maximum absolute atomic E-state index is 3.31. The topological polar surface area (TPSA) is 15.3 Å². The van der Waals surface area contributed by atoms with Crippen LogP contribution in [0.15, 0.2) is 35.7 Å². The molecule has 0 saturated heterocycles. The molecule has 0 saturated carbocycles. The third-order valence-corrected chi connectivity index (χ3v) is 2.33. The molecule has 0 amide bonds. The van der Waals surface area contributed by atoms with Gasteiger partial charge in [0.05, 0.1) is 5.70 Å². The van der Waals surface area contributed by atoms with Crippen LogP contribution in [0.4, 0.5) is 0 Å². The fourth-order valence-corrected chi connectivity index (χ4v) is 1.60. The zero-order valence-corrected chi connectivity index (χ0v) is 9.54. The van der Waals surface area contributed by atoms with E-state index in [1.165, 1.54) is 11.3 Å². The summed E-state index contributed by atoms with van der Waals surface area (Å²) in [5.41, 5.74) is 6.13. The summed E-state index contributed by atoms with van der Waals surface area (Å²) in [5, 5.41) is 2.09. The van der Waals surface area contributed by atoms with Crippen molar-refractivity contribution in [3.63, 3.8) is 0 Å². The maximum Gasteiger partial charge on any atom is 0.0578 e. The second-order valence-electron chi connectivity index (χ2n) is 3.47. The van der Waals surface area contributed by atoms with Gasteiger partial charge in [-0.2, -0.15) is 0 Å². The Balaban J connectivity index is 0.000000461. The number of hydrogen-bond donors (Lipinski definition) is 1. The minimum Gasteiger partial charge on any atom is -0.284 e. The van der Waals surface area contributed by atoms with Crippen LogP contribution in [-0.2, 0) is 0 Å². The Hall–Kier alpha value is -1.02. The van der Waals surface area contributed by atoms with Gasteiger partial charge in [0.1, 0.15) is 0 Å². The molecule has 2 aliphatic rings. The highest BCUT2D eigenvalue weighted by Gasteiger charge is 2.21. The Labute approximate surface area is 87.0 Å². The van der Waals surface area contributed by atoms with Gasteiger partial charge >= 0.3 is 0 Å². The van der Waals surface area contributed by atoms with Crippen LogP contribution < -0.4 is 5.43 Å². The summed E-state index contributed by atoms with van der Waals surface area (Å²) in [6.07, 6.45) is 8.35. The fraction of sp³-hybridized carbons (Fsp3) is 0.500. The quantitative estimate of drug-likeness (QED) is 0.687. The van der Waals surface area contributed by atoms with Gasteiger partial charge in [0.2, 0.25) is 0 Å². The summed E-state index contributed by atoms with van der Waals surface area (Å²) in [6, 6.07) is 0. The fourth-order valence-electron chi connectivity index (χ4n) is 1.60. The molecule has 2 nitrogen and oxygen atoms in total. The molecular formula is C12H20N2. The van der Waals surface area contributed by atoms with E-state index in [1.807, 2.05) is 19.9 Å². The Bertz CT molecular complexity index is 272. The summed E-state index contributed by atoms with van der Waals surface area (Å²) in [4.78, 5) is 0. The summed E-state index contributed by atoms with van der Waals surface area (Å²) in [6.45, 7) is 9.46. The average molecular weight is 192 g/mol. The molecule has 0 aromatic heterocycles. The number of hydrazine groups is 1. The number of hydrogen-bond acceptors (Lipinski definition) is 2. The first-order valence-electron chi connectivity index (χ1n) is 5.39. The van der Waals surface area contributed by atoms with Crippen molar-refractivity contribution in [1.82, 2.24) is 10.4 Å². The van der Waals surface area contributed by atoms with E-state index in [2.05, 4.69) is 42.6 Å². The standard InChI is InChI=1S/C10H14N2.C2H6/c1-8(2)9-7-11-12-6-4-3-5-10(9)12;1-2/h3-6,8,11H,7H2,1-2H3;1-2H3. The second kappa shape index (κ2) is 5.01. The molecule has 0 bridgehead atoms. The highest BCUT2D eigenvalue weighted by atomic mass is 15.5. The van der Waals surface area contributed by atoms with Crippen LogP contribution in [0.1, 0.15) is 27.7 Å². The monoisotopic (exact) mass is 192 g/mol. The largest absolute Gasteiger partial charge is 0.284 e. The van der Waals surface area contributed by atoms with Gasteiger partial charge in [0, 0.05) is 12.7 Å². The Morgan fingerprint density at radius 2 is 2.00 bits per heavy atom. The summed E-state index contributed by atoms with van der Waals surface area (Å²) in [5.74, 6) is 0.633. The number of nitrogens with zero attached hydrogens (tertiary/aromatic N) is 1. The molecular weight excluding hydrogens is 172 g/mol. The molecule has 0 aromatic carbocycles. The molecule has 78 valence electrons. The predicted octanol–water partition coefficient (Wildman–Crippen LogP) is 2.83. The van der Waals surface area contributed by atoms with Crippen LogP contribution in [0.5, 0.6) is 0 Å². The number of fused-ring (bicyclic) bond motifs is 1. The van der Waals surface area contributed by atoms with E-state index in [0.717, 1.165) is 6.54 Å². The number of allylic oxidation sites excluding steroid dienone is 3. The highest BCUT2D eigenvalue weighted by Crippen LogP contribution is 2.24. The van der Waals surface area contributed by atoms with Gasteiger partial charge in [-0.25, -0.2) is 5.43 Å². The molecule has 2 rings (SSSR count). The van der Waals surface area contributed by atoms with Crippen LogP contribution in [-0.4, -0.2) is 11.6 Å². The van der Waals surface area contributed by atoms with Crippen molar-refractivity contribution < 1.29 is 0 Å². The van der Waals surface area contributed by atoms with Crippen LogP contribution in [0.25, 0.3) is 0 Å². The van der Waals surface area contributed by atoms with Gasteiger partial charge in [-0.1, -0.05) is 33.8 Å². The zero-order valence-electron chi connectivity index (χ0n) is 9.54. The zero-order chi connectivity index (χ0) is 10.6. The Morgan fingerprint density at radius 3 is 2.64 bits per heavy atom. The van der Waals surface area contributed by atoms with Crippen LogP contribution in [0.2, 0.25) is 0 Å². The van der Waals surface area contributed by atoms with Gasteiger partial charge in [0.25, 0.3) is 0 Å². The maximum atomic E-state index is 3.31. The average Bonchev–Trinajstić information content (AvgIpc) is 2.64. The van der Waals surface area contributed by atoms with Crippen molar-refractivity contribution in [2.45, 2.75) is 27.7 Å². The summed E-state index contributed by atoms with van der Waals surface area (Å²) >= 11 is 0. The lowest BCUT2D eigenvalue weighted by Crippen LogP contribution is -2.26. The molecule has 0 atom stereocenters. The SMILES string of the molecule is CC.CC(C)C1=C2C=CC=CN2NC1. The molecule has 0 aliphatic carbocycles. The van der Waals surface area contributed by atoms with Crippen molar-refractivity contribution in [3.05, 3.63) is 35.7 Å². The number of nitrogens with one attached hydrogen (secondary N) is 1. The summed E-state index contributed by atoms with van der Waals surface area (Å²) < 4.78 is 0. The molecule has 0 aromatic rings. The predicted molar refractivity (Wildman–Crippen MR) is 61.3 cm³/mol. The molecule has 0 radical (unpaired) electrons. The Morgan fingerprint density at radius 1 is 1.29 bits per heavy atom. The molecule has 1 N–H and O–H groups in total. The molecule has 0 spiro atoms. The second-order valence-corrected chi connectivity index (χ2v) is 3.47. The van der Waals surface area contributed by atoms with Crippen molar-refractivity contribution in [1.29, 1.82) is 0 Å². The van der Waals surface area contributed by atoms with Crippen molar-refractivity contribution in [2.75, 3.05) is 6.54 Å². The van der Waals surface area contributed by atoms with E-state index in [9.17, 15) is 0 Å². The minimum absolute atomic E-state index is 0.633. The first kappa shape index (κ1) is 11.1. The Kier molecular flexibility index (Phi) is 3.96. The first-order valence-corrected chi connectivity index (χ1v) is 5.39. The van der Waals surface area contributed by atoms with Gasteiger partial charge in [0.15, 0.2) is 0 Å². The van der Waals surface area contributed by atoms with E-state index >= 15 is 0 Å². The van der Waals surface area contributed by atoms with Gasteiger partial charge in [-0.15, -0.1) is 0 Å². The van der Waals surface area contributed by atoms with E-state index < -0.39 is 0 Å². The van der Waals surface area contributed by atoms with Crippen LogP contribution in [0, 0.1) is 5.92 Å². The molecule has 14 heavy (non-hydrogen) atoms. The van der Waals surface area contributed by atoms with Crippen LogP contribution >= 0.6 is 0 Å². The lowest BCUT2D eigenvalue weighted by molar-refractivity contribution is 0.395. The van der Waals surface area contributed by atoms with Gasteiger partial charge in [-0.05, 0) is 23.6 Å². The summed E-state index contributed by atoms with van der Waals surface area (Å²) in [7, 11) is 0. The normalized spacial score (nSPS) is 18.5. The number of rotatable bonds is 1. The molecule has 0 unspecified atom stereocenters. The van der Waals surface area contributed by atoms with Crippen molar-refractivity contribution in [2.24, 2.45) is 5.92 Å². The molecule has 2 heteroatoms. The van der Waals surface area contributed by atoms with Crippen molar-refractivity contribution >= 4 is 0 Å². The molecule has 2 aliphatic heterocycles. The van der Waals surface area contributed by atoms with Gasteiger partial charge in [-0.3, -0.25) is 5.01 Å². The third-order valence-electron chi connectivity index (χ3n) is 2.33. The van der Waals surface area contributed by atoms with Crippen LogP contribution in [0.3, 0.4) is 0 Å². The first-order chi connectivity index (χ1) is 6.79. The molecule has 0 fully saturated rings. The molecule has 2 heterocycles. The third kappa shape index (κ3) is 2.07. The van der Waals surface area contributed by atoms with E-state index in [1.54, 1.807) is 0 Å². The van der Waals surface area contributed by atoms with Crippen molar-refractivity contribution in [3.8, 4) is 0 Å². The van der Waals surface area contributed by atoms with Gasteiger partial charge < -0.3 is 0 Å². The lowest BCUT2D eigenvalue weighted by Gasteiger charge is -2.17. The van der Waals surface area contributed by atoms with E-state index in [0.29, 0.717) is 5.92 Å². The smallest absolute Gasteiger partial charge is 0.0578 e. The minimum atomic E-state index is 0.633. The van der Waals surface area contributed by atoms with E-state index in [4.69, 9.17) is 0 Å². The highest BCUT2D eigenvalue weighted by molar-refractivity contribution is 5.35.